The van der Waals surface area contributed by atoms with Gasteiger partial charge in [0.15, 0.2) is 5.78 Å². The zero-order valence-electron chi connectivity index (χ0n) is 11.5. The van der Waals surface area contributed by atoms with Crippen molar-refractivity contribution in [1.29, 1.82) is 0 Å². The second-order valence-electron chi connectivity index (χ2n) is 4.89. The van der Waals surface area contributed by atoms with Gasteiger partial charge in [-0.05, 0) is 51.1 Å². The molecule has 2 heteroatoms. The van der Waals surface area contributed by atoms with Gasteiger partial charge in [-0.2, -0.15) is 0 Å². The van der Waals surface area contributed by atoms with Gasteiger partial charge >= 0.3 is 0 Å². The molecule has 0 atom stereocenters. The molecule has 0 N–H and O–H groups in total. The number of carbonyl (C=O) groups is 1. The number of ether oxygens (including phenoxy) is 1. The third kappa shape index (κ3) is 3.44. The van der Waals surface area contributed by atoms with Gasteiger partial charge in [0.05, 0.1) is 6.10 Å². The maximum absolute atomic E-state index is 12.3. The Morgan fingerprint density at radius 3 is 2.26 bits per heavy atom. The van der Waals surface area contributed by atoms with Gasteiger partial charge in [0.2, 0.25) is 0 Å². The molecule has 0 radical (unpaired) electrons. The Bertz CT molecular complexity index is 568. The summed E-state index contributed by atoms with van der Waals surface area (Å²) in [7, 11) is 0. The second kappa shape index (κ2) is 5.70. The molecule has 0 unspecified atom stereocenters. The first-order chi connectivity index (χ1) is 9.06. The minimum absolute atomic E-state index is 0.0415. The van der Waals surface area contributed by atoms with Gasteiger partial charge in [0, 0.05) is 11.1 Å². The van der Waals surface area contributed by atoms with E-state index in [1.54, 1.807) is 0 Å². The fraction of sp³-hybridized carbons (Fsp3) is 0.235. The molecule has 0 saturated heterocycles. The topological polar surface area (TPSA) is 26.3 Å². The van der Waals surface area contributed by atoms with Crippen LogP contribution in [0, 0.1) is 6.92 Å². The number of ketones is 1. The Hall–Kier alpha value is -2.09. The first-order valence-electron chi connectivity index (χ1n) is 6.44. The van der Waals surface area contributed by atoms with Crippen molar-refractivity contribution in [3.05, 3.63) is 65.2 Å². The summed E-state index contributed by atoms with van der Waals surface area (Å²) in [6.07, 6.45) is 0.137. The highest BCUT2D eigenvalue weighted by molar-refractivity contribution is 6.09. The van der Waals surface area contributed by atoms with E-state index >= 15 is 0 Å². The van der Waals surface area contributed by atoms with E-state index in [0.29, 0.717) is 5.56 Å². The molecule has 0 aliphatic heterocycles. The molecule has 2 aromatic rings. The summed E-state index contributed by atoms with van der Waals surface area (Å²) in [5, 5.41) is 0. The summed E-state index contributed by atoms with van der Waals surface area (Å²) in [5.74, 6) is 0.829. The van der Waals surface area contributed by atoms with Crippen molar-refractivity contribution >= 4 is 5.78 Å². The number of hydrogen-bond donors (Lipinski definition) is 0. The van der Waals surface area contributed by atoms with Crippen molar-refractivity contribution in [2.24, 2.45) is 0 Å². The van der Waals surface area contributed by atoms with Gasteiger partial charge in [-0.3, -0.25) is 4.79 Å². The minimum atomic E-state index is 0.0415. The van der Waals surface area contributed by atoms with Crippen LogP contribution in [0.5, 0.6) is 5.75 Å². The van der Waals surface area contributed by atoms with E-state index in [-0.39, 0.29) is 11.9 Å². The smallest absolute Gasteiger partial charge is 0.193 e. The second-order valence-corrected chi connectivity index (χ2v) is 4.89. The number of hydrogen-bond acceptors (Lipinski definition) is 2. The lowest BCUT2D eigenvalue weighted by Gasteiger charge is -2.10. The Morgan fingerprint density at radius 1 is 1.00 bits per heavy atom. The van der Waals surface area contributed by atoms with Crippen LogP contribution in [0.2, 0.25) is 0 Å². The molecular weight excluding hydrogens is 236 g/mol. The molecule has 0 heterocycles. The summed E-state index contributed by atoms with van der Waals surface area (Å²) >= 11 is 0. The molecule has 0 spiro atoms. The molecule has 2 aromatic carbocycles. The van der Waals surface area contributed by atoms with Gasteiger partial charge in [-0.15, -0.1) is 0 Å². The number of benzene rings is 2. The van der Waals surface area contributed by atoms with E-state index in [1.165, 1.54) is 0 Å². The van der Waals surface area contributed by atoms with E-state index in [9.17, 15) is 4.79 Å². The molecule has 0 fully saturated rings. The van der Waals surface area contributed by atoms with Crippen LogP contribution in [0.25, 0.3) is 0 Å². The van der Waals surface area contributed by atoms with Crippen molar-refractivity contribution in [3.8, 4) is 5.75 Å². The van der Waals surface area contributed by atoms with Crippen molar-refractivity contribution in [1.82, 2.24) is 0 Å². The SMILES string of the molecule is Cc1cccc(C(=O)c2ccc(OC(C)C)cc2)c1. The number of carbonyl (C=O) groups excluding carboxylic acids is 1. The highest BCUT2D eigenvalue weighted by Crippen LogP contribution is 2.17. The molecule has 98 valence electrons. The van der Waals surface area contributed by atoms with E-state index in [4.69, 9.17) is 4.74 Å². The lowest BCUT2D eigenvalue weighted by atomic mass is 10.0. The van der Waals surface area contributed by atoms with Crippen LogP contribution in [-0.2, 0) is 0 Å². The predicted octanol–water partition coefficient (Wildman–Crippen LogP) is 4.01. The summed E-state index contributed by atoms with van der Waals surface area (Å²) < 4.78 is 5.56. The lowest BCUT2D eigenvalue weighted by molar-refractivity contribution is 0.103. The Labute approximate surface area is 114 Å². The molecule has 0 aliphatic carbocycles. The summed E-state index contributed by atoms with van der Waals surface area (Å²) in [4.78, 5) is 12.3. The van der Waals surface area contributed by atoms with Crippen LogP contribution in [0.4, 0.5) is 0 Å². The number of rotatable bonds is 4. The molecule has 19 heavy (non-hydrogen) atoms. The highest BCUT2D eigenvalue weighted by Gasteiger charge is 2.09. The van der Waals surface area contributed by atoms with E-state index < -0.39 is 0 Å². The minimum Gasteiger partial charge on any atom is -0.491 e. The third-order valence-electron chi connectivity index (χ3n) is 2.77. The molecule has 2 rings (SSSR count). The molecule has 0 saturated carbocycles. The van der Waals surface area contributed by atoms with Crippen LogP contribution in [0.15, 0.2) is 48.5 Å². The monoisotopic (exact) mass is 254 g/mol. The number of aryl methyl sites for hydroxylation is 1. The van der Waals surface area contributed by atoms with E-state index in [1.807, 2.05) is 69.3 Å². The van der Waals surface area contributed by atoms with Gasteiger partial charge in [-0.25, -0.2) is 0 Å². The zero-order chi connectivity index (χ0) is 13.8. The lowest BCUT2D eigenvalue weighted by Crippen LogP contribution is -2.06. The average Bonchev–Trinajstić information content (AvgIpc) is 2.38. The maximum Gasteiger partial charge on any atom is 0.193 e. The molecule has 2 nitrogen and oxygen atoms in total. The predicted molar refractivity (Wildman–Crippen MR) is 76.8 cm³/mol. The largest absolute Gasteiger partial charge is 0.491 e. The van der Waals surface area contributed by atoms with Crippen LogP contribution in [-0.4, -0.2) is 11.9 Å². The van der Waals surface area contributed by atoms with Gasteiger partial charge in [0.25, 0.3) is 0 Å². The van der Waals surface area contributed by atoms with Crippen molar-refractivity contribution in [3.63, 3.8) is 0 Å². The molecule has 0 bridgehead atoms. The van der Waals surface area contributed by atoms with Crippen molar-refractivity contribution < 1.29 is 9.53 Å². The fourth-order valence-corrected chi connectivity index (χ4v) is 1.91. The first kappa shape index (κ1) is 13.3. The summed E-state index contributed by atoms with van der Waals surface area (Å²) in [6.45, 7) is 5.94. The summed E-state index contributed by atoms with van der Waals surface area (Å²) in [6, 6.07) is 14.9. The standard InChI is InChI=1S/C17H18O2/c1-12(2)19-16-9-7-14(8-10-16)17(18)15-6-4-5-13(3)11-15/h4-12H,1-3H3. The normalized spacial score (nSPS) is 10.5. The Morgan fingerprint density at radius 2 is 1.68 bits per heavy atom. The quantitative estimate of drug-likeness (QED) is 0.770. The van der Waals surface area contributed by atoms with Crippen LogP contribution in [0.1, 0.15) is 35.3 Å². The van der Waals surface area contributed by atoms with Gasteiger partial charge in [0.1, 0.15) is 5.75 Å². The van der Waals surface area contributed by atoms with Gasteiger partial charge in [-0.1, -0.05) is 23.8 Å². The highest BCUT2D eigenvalue weighted by atomic mass is 16.5. The van der Waals surface area contributed by atoms with Crippen LogP contribution in [0.3, 0.4) is 0 Å². The fourth-order valence-electron chi connectivity index (χ4n) is 1.91. The van der Waals surface area contributed by atoms with Crippen LogP contribution >= 0.6 is 0 Å². The summed E-state index contributed by atoms with van der Waals surface area (Å²) in [5.41, 5.74) is 2.49. The Kier molecular flexibility index (Phi) is 4.00. The maximum atomic E-state index is 12.3. The van der Waals surface area contributed by atoms with E-state index in [2.05, 4.69) is 0 Å². The van der Waals surface area contributed by atoms with Gasteiger partial charge < -0.3 is 4.74 Å². The third-order valence-corrected chi connectivity index (χ3v) is 2.77. The molecular formula is C17H18O2. The van der Waals surface area contributed by atoms with Crippen molar-refractivity contribution in [2.45, 2.75) is 26.9 Å². The zero-order valence-corrected chi connectivity index (χ0v) is 11.5. The Balaban J connectivity index is 2.20. The average molecular weight is 254 g/mol. The molecule has 0 amide bonds. The molecule has 0 aliphatic rings. The first-order valence-corrected chi connectivity index (χ1v) is 6.44. The van der Waals surface area contributed by atoms with E-state index in [0.717, 1.165) is 16.9 Å². The van der Waals surface area contributed by atoms with Crippen molar-refractivity contribution in [2.75, 3.05) is 0 Å². The van der Waals surface area contributed by atoms with Crippen LogP contribution < -0.4 is 4.74 Å². The molecule has 0 aromatic heterocycles.